The molecule has 0 fully saturated rings. The molecular formula is C38H56N6O5. The Morgan fingerprint density at radius 2 is 1.53 bits per heavy atom. The van der Waals surface area contributed by atoms with Gasteiger partial charge in [0.25, 0.3) is 5.91 Å². The van der Waals surface area contributed by atoms with E-state index in [9.17, 15) is 27.7 Å². The number of aromatic nitrogens is 1. The Morgan fingerprint density at radius 3 is 2.14 bits per heavy atom. The molecule has 0 aliphatic heterocycles. The molecule has 4 atom stereocenters. The van der Waals surface area contributed by atoms with Gasteiger partial charge in [-0.25, -0.2) is 5.01 Å². The highest BCUT2D eigenvalue weighted by atomic mass is 16.5. The number of hydrazine groups is 1. The lowest BCUT2D eigenvalue weighted by atomic mass is 9.85. The molecule has 268 valence electrons. The number of hydrogen-bond acceptors (Lipinski definition) is 9. The highest BCUT2D eigenvalue weighted by Crippen LogP contribution is 2.23. The van der Waals surface area contributed by atoms with Crippen LogP contribution in [0.3, 0.4) is 0 Å². The molecule has 3 aromatic rings. The van der Waals surface area contributed by atoms with Gasteiger partial charge in [0.15, 0.2) is 0 Å². The van der Waals surface area contributed by atoms with Crippen LogP contribution in [0.4, 0.5) is 0 Å². The first-order chi connectivity index (χ1) is 33.5. The third-order valence-electron chi connectivity index (χ3n) is 6.86. The van der Waals surface area contributed by atoms with Crippen LogP contribution in [0.2, 0.25) is 0 Å². The van der Waals surface area contributed by atoms with Crippen LogP contribution in [0.25, 0.3) is 11.3 Å². The molecule has 2 aromatic carbocycles. The van der Waals surface area contributed by atoms with Gasteiger partial charge in [0.05, 0.1) is 32.7 Å². The van der Waals surface area contributed by atoms with Gasteiger partial charge < -0.3 is 26.0 Å². The van der Waals surface area contributed by atoms with E-state index < -0.39 is 139 Å². The van der Waals surface area contributed by atoms with Gasteiger partial charge in [0, 0.05) is 64.6 Å². The van der Waals surface area contributed by atoms with Gasteiger partial charge in [0.1, 0.15) is 0 Å². The summed E-state index contributed by atoms with van der Waals surface area (Å²) in [4.78, 5) is 33.6. The van der Waals surface area contributed by atoms with Crippen LogP contribution < -0.4 is 21.4 Å². The van der Waals surface area contributed by atoms with Crippen LogP contribution in [-0.4, -0.2) is 80.4 Å². The summed E-state index contributed by atoms with van der Waals surface area (Å²) in [5.74, 6) is -8.69. The summed E-state index contributed by atoms with van der Waals surface area (Å²) in [6, 6.07) is 7.99. The van der Waals surface area contributed by atoms with Crippen molar-refractivity contribution in [3.8, 4) is 11.3 Å². The van der Waals surface area contributed by atoms with Gasteiger partial charge in [-0.15, -0.1) is 0 Å². The minimum absolute atomic E-state index is 0.0750. The Morgan fingerprint density at radius 1 is 0.857 bits per heavy atom. The van der Waals surface area contributed by atoms with Crippen LogP contribution in [0.5, 0.6) is 0 Å². The number of nitrogens with one attached hydrogen (secondary N) is 4. The van der Waals surface area contributed by atoms with Gasteiger partial charge in [-0.1, -0.05) is 109 Å². The fourth-order valence-electron chi connectivity index (χ4n) is 4.57. The third-order valence-corrected chi connectivity index (χ3v) is 6.86. The van der Waals surface area contributed by atoms with Crippen molar-refractivity contribution in [1.82, 2.24) is 31.4 Å². The minimum atomic E-state index is -4.53. The zero-order chi connectivity index (χ0) is 58.2. The summed E-state index contributed by atoms with van der Waals surface area (Å²) < 4.78 is 213. The van der Waals surface area contributed by atoms with Crippen LogP contribution in [0.15, 0.2) is 79.0 Å². The van der Waals surface area contributed by atoms with E-state index in [2.05, 4.69) is 10.3 Å². The fraction of sp³-hybridized carbons (Fsp3) is 0.500. The lowest BCUT2D eigenvalue weighted by Gasteiger charge is -2.37. The number of amides is 2. The Balaban J connectivity index is 2.45. The van der Waals surface area contributed by atoms with Gasteiger partial charge in [-0.2, -0.15) is 0 Å². The molecule has 3 rings (SSSR count). The van der Waals surface area contributed by atoms with Crippen molar-refractivity contribution < 1.29 is 60.5 Å². The first-order valence-electron chi connectivity index (χ1n) is 27.6. The predicted molar refractivity (Wildman–Crippen MR) is 192 cm³/mol. The smallest absolute Gasteiger partial charge is 0.252 e. The highest BCUT2D eigenvalue weighted by molar-refractivity contribution is 5.83. The van der Waals surface area contributed by atoms with Crippen molar-refractivity contribution in [2.75, 3.05) is 13.1 Å². The average Bonchev–Trinajstić information content (AvgIpc) is 3.21. The molecule has 11 heteroatoms. The van der Waals surface area contributed by atoms with E-state index in [0.717, 1.165) is 12.1 Å². The van der Waals surface area contributed by atoms with Crippen LogP contribution in [0.1, 0.15) is 102 Å². The van der Waals surface area contributed by atoms with E-state index in [1.807, 2.05) is 5.32 Å². The molecule has 49 heavy (non-hydrogen) atoms. The second-order valence-corrected chi connectivity index (χ2v) is 11.0. The van der Waals surface area contributed by atoms with Gasteiger partial charge in [-0.3, -0.25) is 25.3 Å². The molecule has 1 heterocycles. The van der Waals surface area contributed by atoms with E-state index in [-0.39, 0.29) is 10.6 Å². The van der Waals surface area contributed by atoms with E-state index in [4.69, 9.17) is 32.9 Å². The second-order valence-electron chi connectivity index (χ2n) is 11.0. The number of nitrogens with zero attached hydrogens (tertiary/aromatic N) is 2. The van der Waals surface area contributed by atoms with E-state index in [0.29, 0.717) is 11.3 Å². The molecule has 11 nitrogen and oxygen atoms in total. The molecule has 0 aliphatic carbocycles. The molecule has 1 aromatic heterocycles. The minimum Gasteiger partial charge on any atom is -0.390 e. The SMILES string of the molecule is [2H]C([2H])([2H])CN[C@H](C(=O)N[C@@H](Cc1ccccc1)[C@@H](O)CN(NC(=O)[C@@H](NC(O)(O)C([2H])([2H])[2H])C(C([2H])([2H])[2H])(C([2H])([2H])[2H])C([2H])([2H])[2H])C([2H])([2H])c1ccc(-c2ccccn2)cc1)C(C([2H])([2H])[2H])(C([2H])([2H])[2H])C([2H])([2H])[2H]. The lowest BCUT2D eigenvalue weighted by Crippen LogP contribution is -2.62. The van der Waals surface area contributed by atoms with Crippen molar-refractivity contribution in [2.45, 2.75) is 97.9 Å². The molecule has 0 bridgehead atoms. The highest BCUT2D eigenvalue weighted by Gasteiger charge is 2.38. The molecule has 7 N–H and O–H groups in total. The van der Waals surface area contributed by atoms with E-state index in [1.54, 1.807) is 23.6 Å². The number of likely N-dealkylation sites (N-methyl/N-ethyl adjacent to an activating group) is 1. The number of carbonyl (C=O) groups excluding carboxylic acids is 2. The fourth-order valence-corrected chi connectivity index (χ4v) is 4.57. The molecule has 0 radical (unpaired) electrons. The number of rotatable bonds is 16. The Hall–Kier alpha value is -3.71. The summed E-state index contributed by atoms with van der Waals surface area (Å²) in [5.41, 5.74) is -6.51. The van der Waals surface area contributed by atoms with Crippen molar-refractivity contribution >= 4 is 11.8 Å². The van der Waals surface area contributed by atoms with Gasteiger partial charge in [-0.05, 0) is 47.1 Å². The summed E-state index contributed by atoms with van der Waals surface area (Å²) in [6.07, 6.45) is -1.68. The molecular weight excluding hydrogens is 620 g/mol. The Kier molecular flexibility index (Phi) is 5.84. The summed E-state index contributed by atoms with van der Waals surface area (Å²) in [6.45, 7) is -39.2. The quantitative estimate of drug-likeness (QED) is 0.0878. The van der Waals surface area contributed by atoms with E-state index in [1.165, 1.54) is 54.0 Å². The molecule has 0 saturated heterocycles. The number of aliphatic hydroxyl groups is 3. The first-order valence-corrected chi connectivity index (χ1v) is 14.6. The zero-order valence-electron chi connectivity index (χ0n) is 52.0. The largest absolute Gasteiger partial charge is 0.390 e. The van der Waals surface area contributed by atoms with Crippen molar-refractivity contribution in [3.05, 3.63) is 90.1 Å². The number of benzene rings is 2. The van der Waals surface area contributed by atoms with E-state index >= 15 is 0 Å². The molecule has 2 amide bonds. The van der Waals surface area contributed by atoms with Gasteiger partial charge in [0.2, 0.25) is 11.8 Å². The average molecular weight is 703 g/mol. The maximum atomic E-state index is 14.8. The van der Waals surface area contributed by atoms with Crippen molar-refractivity contribution in [2.24, 2.45) is 10.8 Å². The molecule has 0 unspecified atom stereocenters. The van der Waals surface area contributed by atoms with Crippen LogP contribution in [-0.2, 0) is 22.5 Å². The van der Waals surface area contributed by atoms with Crippen LogP contribution >= 0.6 is 0 Å². The third kappa shape index (κ3) is 12.9. The second kappa shape index (κ2) is 17.3. The number of aliphatic hydroxyl groups excluding tert-OH is 1. The first kappa shape index (κ1) is 16.5. The predicted octanol–water partition coefficient (Wildman–Crippen LogP) is 3.36. The molecule has 0 aliphatic rings. The normalized spacial score (nSPS) is 25.1. The van der Waals surface area contributed by atoms with Gasteiger partial charge >= 0.3 is 0 Å². The monoisotopic (exact) mass is 703 g/mol. The summed E-state index contributed by atoms with van der Waals surface area (Å²) in [5, 5.41) is 39.1. The number of pyridine rings is 1. The summed E-state index contributed by atoms with van der Waals surface area (Å²) >= 11 is 0. The lowest BCUT2D eigenvalue weighted by molar-refractivity contribution is -0.185. The standard InChI is InChI=1S/C38H56N6O5/c1-9-39-32(36(2,3)4)34(46)41-30(23-26-15-11-10-12-16-26)31(45)25-44(43-35(47)33(37(5,6)7)42-38(8,48)49)24-27-18-20-28(21-19-27)29-17-13-14-22-40-29/h10-22,30-33,39,42,45,48-49H,9,23-25H2,1-8H3,(H,41,46)(H,43,47)/t30-,31-,32+,33+/m0/s1/i1D3,2D3,3D3,4D3,5D3,6D3,7D3,8D3,24D2. The van der Waals surface area contributed by atoms with Crippen molar-refractivity contribution in [3.63, 3.8) is 0 Å². The maximum Gasteiger partial charge on any atom is 0.252 e. The van der Waals surface area contributed by atoms with Crippen molar-refractivity contribution in [1.29, 1.82) is 0 Å². The number of carbonyl (C=O) groups is 2. The molecule has 0 spiro atoms. The summed E-state index contributed by atoms with van der Waals surface area (Å²) in [7, 11) is 0. The Labute approximate surface area is 328 Å². The number of hydrogen-bond donors (Lipinski definition) is 7. The zero-order valence-corrected chi connectivity index (χ0v) is 26.0. The van der Waals surface area contributed by atoms with Crippen LogP contribution in [0, 0.1) is 10.8 Å². The Bertz CT molecular complexity index is 2290. The molecule has 0 saturated carbocycles. The maximum absolute atomic E-state index is 14.8. The topological polar surface area (TPSA) is 159 Å².